The molecule has 60 valence electrons. The Morgan fingerprint density at radius 3 is 2.17 bits per heavy atom. The maximum atomic E-state index is 2.26. The zero-order valence-corrected chi connectivity index (χ0v) is 8.14. The second-order valence-electron chi connectivity index (χ2n) is 3.27. The minimum absolute atomic E-state index is 1.15. The van der Waals surface area contributed by atoms with Crippen LogP contribution in [-0.2, 0) is 11.5 Å². The molecule has 0 saturated heterocycles. The normalized spacial score (nSPS) is 10.2. The van der Waals surface area contributed by atoms with E-state index in [2.05, 4.69) is 48.9 Å². The van der Waals surface area contributed by atoms with E-state index < -0.39 is 0 Å². The third kappa shape index (κ3) is 3.05. The Morgan fingerprint density at radius 1 is 1.08 bits per heavy atom. The zero-order chi connectivity index (χ0) is 8.81. The molecule has 0 aliphatic rings. The van der Waals surface area contributed by atoms with Crippen LogP contribution < -0.4 is 0 Å². The standard InChI is InChI=1S/C11H15.Li/c1-3-4-5-11-8-6-10(2)7-9-11;/h6-9H,2-5H2,1H3;. The first-order chi connectivity index (χ1) is 5.86. The summed E-state index contributed by atoms with van der Waals surface area (Å²) in [6.07, 6.45) is 3.83. The van der Waals surface area contributed by atoms with Crippen molar-refractivity contribution in [2.45, 2.75) is 31.3 Å². The number of rotatable bonds is 4. The van der Waals surface area contributed by atoms with E-state index in [0.717, 1.165) is 5.09 Å². The van der Waals surface area contributed by atoms with Gasteiger partial charge in [0.05, 0.1) is 0 Å². The summed E-state index contributed by atoms with van der Waals surface area (Å²) in [5.74, 6) is 0. The molecule has 0 atom stereocenters. The molecule has 0 nitrogen and oxygen atoms in total. The summed E-state index contributed by atoms with van der Waals surface area (Å²) in [4.78, 5) is 0. The summed E-state index contributed by atoms with van der Waals surface area (Å²) in [5.41, 5.74) is 2.92. The van der Waals surface area contributed by atoms with Gasteiger partial charge in [0.15, 0.2) is 0 Å². The van der Waals surface area contributed by atoms with E-state index in [-0.39, 0.29) is 0 Å². The van der Waals surface area contributed by atoms with Crippen molar-refractivity contribution in [3.05, 3.63) is 35.4 Å². The van der Waals surface area contributed by atoms with Crippen LogP contribution in [0.1, 0.15) is 30.9 Å². The van der Waals surface area contributed by atoms with Gasteiger partial charge in [0.2, 0.25) is 0 Å². The molecule has 0 N–H and O–H groups in total. The molecule has 0 fully saturated rings. The Hall–Kier alpha value is -0.183. The molecule has 0 spiro atoms. The van der Waals surface area contributed by atoms with E-state index >= 15 is 0 Å². The second-order valence-corrected chi connectivity index (χ2v) is 3.27. The topological polar surface area (TPSA) is 0 Å². The van der Waals surface area contributed by atoms with Gasteiger partial charge in [-0.05, 0) is 0 Å². The molecule has 1 heteroatoms. The van der Waals surface area contributed by atoms with Gasteiger partial charge < -0.3 is 0 Å². The van der Waals surface area contributed by atoms with Crippen molar-refractivity contribution in [1.82, 2.24) is 0 Å². The monoisotopic (exact) mass is 154 g/mol. The predicted octanol–water partition coefficient (Wildman–Crippen LogP) is 2.70. The van der Waals surface area contributed by atoms with Crippen molar-refractivity contribution >= 4 is 17.7 Å². The van der Waals surface area contributed by atoms with E-state index in [1.807, 2.05) is 0 Å². The average molecular weight is 154 g/mol. The van der Waals surface area contributed by atoms with Gasteiger partial charge in [0.1, 0.15) is 0 Å². The van der Waals surface area contributed by atoms with Gasteiger partial charge >= 0.3 is 84.4 Å². The molecular formula is C11H15Li. The molecular weight excluding hydrogens is 139 g/mol. The first-order valence-corrected chi connectivity index (χ1v) is 4.94. The van der Waals surface area contributed by atoms with E-state index in [1.165, 1.54) is 30.4 Å². The van der Waals surface area contributed by atoms with E-state index in [0.29, 0.717) is 0 Å². The fourth-order valence-electron chi connectivity index (χ4n) is 1.32. The van der Waals surface area contributed by atoms with Crippen LogP contribution in [0.25, 0.3) is 0 Å². The Kier molecular flexibility index (Phi) is 4.51. The molecule has 0 aliphatic carbocycles. The summed E-state index contributed by atoms with van der Waals surface area (Å²) in [6, 6.07) is 9.00. The Balaban J connectivity index is 2.53. The van der Waals surface area contributed by atoms with E-state index in [1.54, 1.807) is 0 Å². The summed E-state index contributed by atoms with van der Waals surface area (Å²) in [5, 5.41) is 1.15. The quantitative estimate of drug-likeness (QED) is 0.585. The minimum atomic E-state index is 1.15. The molecule has 0 bridgehead atoms. The number of hydrogen-bond donors (Lipinski definition) is 0. The van der Waals surface area contributed by atoms with Crippen molar-refractivity contribution in [2.24, 2.45) is 0 Å². The zero-order valence-electron chi connectivity index (χ0n) is 8.14. The Bertz CT molecular complexity index is 213. The summed E-state index contributed by atoms with van der Waals surface area (Å²) < 4.78 is 0. The van der Waals surface area contributed by atoms with Gasteiger partial charge in [-0.2, -0.15) is 0 Å². The predicted molar refractivity (Wildman–Crippen MR) is 54.5 cm³/mol. The van der Waals surface area contributed by atoms with Crippen LogP contribution >= 0.6 is 0 Å². The molecule has 0 radical (unpaired) electrons. The summed E-state index contributed by atoms with van der Waals surface area (Å²) >= 11 is 2.20. The second kappa shape index (κ2) is 5.46. The average Bonchev–Trinajstić information content (AvgIpc) is 2.15. The molecule has 12 heavy (non-hydrogen) atoms. The number of hydrogen-bond acceptors (Lipinski definition) is 0. The van der Waals surface area contributed by atoms with Crippen LogP contribution in [0.5, 0.6) is 0 Å². The number of benzene rings is 1. The Morgan fingerprint density at radius 2 is 1.67 bits per heavy atom. The summed E-state index contributed by atoms with van der Waals surface area (Å²) in [6.45, 7) is 2.24. The first-order valence-electron chi connectivity index (χ1n) is 4.94. The van der Waals surface area contributed by atoms with Crippen molar-refractivity contribution < 1.29 is 0 Å². The van der Waals surface area contributed by atoms with Gasteiger partial charge in [0.25, 0.3) is 0 Å². The van der Waals surface area contributed by atoms with Gasteiger partial charge in [-0.15, -0.1) is 0 Å². The SMILES string of the molecule is [Li][CH2]c1ccc(CCCC)cc1. The Labute approximate surface area is 84.6 Å². The molecule has 0 aromatic heterocycles. The van der Waals surface area contributed by atoms with Gasteiger partial charge in [0, 0.05) is 0 Å². The van der Waals surface area contributed by atoms with Gasteiger partial charge in [-0.25, -0.2) is 0 Å². The van der Waals surface area contributed by atoms with Gasteiger partial charge in [-0.3, -0.25) is 0 Å². The summed E-state index contributed by atoms with van der Waals surface area (Å²) in [7, 11) is 0. The van der Waals surface area contributed by atoms with Crippen molar-refractivity contribution in [1.29, 1.82) is 0 Å². The number of aryl methyl sites for hydroxylation is 1. The van der Waals surface area contributed by atoms with Crippen LogP contribution in [0.3, 0.4) is 0 Å². The third-order valence-electron chi connectivity index (χ3n) is 2.25. The fraction of sp³-hybridized carbons (Fsp3) is 0.455. The van der Waals surface area contributed by atoms with Crippen LogP contribution in [0.15, 0.2) is 24.3 Å². The van der Waals surface area contributed by atoms with E-state index in [9.17, 15) is 0 Å². The van der Waals surface area contributed by atoms with E-state index in [4.69, 9.17) is 0 Å². The third-order valence-corrected chi connectivity index (χ3v) is 2.25. The van der Waals surface area contributed by atoms with Crippen LogP contribution in [0.4, 0.5) is 0 Å². The van der Waals surface area contributed by atoms with Gasteiger partial charge in [-0.1, -0.05) is 0 Å². The molecule has 1 aromatic rings. The molecule has 0 unspecified atom stereocenters. The molecule has 0 aliphatic heterocycles. The fourth-order valence-corrected chi connectivity index (χ4v) is 1.32. The molecule has 0 heterocycles. The van der Waals surface area contributed by atoms with Crippen molar-refractivity contribution in [3.8, 4) is 0 Å². The maximum absolute atomic E-state index is 2.26. The molecule has 1 aromatic carbocycles. The van der Waals surface area contributed by atoms with Crippen LogP contribution in [0.2, 0.25) is 0 Å². The van der Waals surface area contributed by atoms with Crippen molar-refractivity contribution in [2.75, 3.05) is 0 Å². The number of unbranched alkanes of at least 4 members (excludes halogenated alkanes) is 1. The first kappa shape index (κ1) is 9.90. The van der Waals surface area contributed by atoms with Crippen LogP contribution in [-0.4, -0.2) is 17.7 Å². The molecule has 0 saturated carbocycles. The molecule has 1 rings (SSSR count). The van der Waals surface area contributed by atoms with Crippen molar-refractivity contribution in [3.63, 3.8) is 0 Å². The van der Waals surface area contributed by atoms with Crippen LogP contribution in [0, 0.1) is 0 Å². The molecule has 0 amide bonds.